The summed E-state index contributed by atoms with van der Waals surface area (Å²) in [6.45, 7) is 8.55. The molecule has 0 spiro atoms. The summed E-state index contributed by atoms with van der Waals surface area (Å²) >= 11 is 0. The predicted molar refractivity (Wildman–Crippen MR) is 145 cm³/mol. The third-order valence-corrected chi connectivity index (χ3v) is 5.13. The van der Waals surface area contributed by atoms with E-state index < -0.39 is 11.9 Å². The standard InChI is InChI=1S/C30H32O9/c1-3-28(31)36-19-15-33-14-18-35-26-22-27(39-23-10-6-5-7-11-23)30(25-13-9-8-12-24(25)26)38-21-17-34-16-20-37-29(32)4-2/h3-13,22H,1-2,14-21H2. The molecule has 3 rings (SSSR count). The largest absolute Gasteiger partial charge is 0.490 e. The molecule has 0 atom stereocenters. The fraction of sp³-hybridized carbons (Fsp3) is 0.267. The van der Waals surface area contributed by atoms with Crippen molar-refractivity contribution in [1.29, 1.82) is 0 Å². The highest BCUT2D eigenvalue weighted by Gasteiger charge is 2.17. The van der Waals surface area contributed by atoms with Crippen LogP contribution in [-0.4, -0.2) is 64.8 Å². The van der Waals surface area contributed by atoms with E-state index in [1.807, 2.05) is 54.6 Å². The van der Waals surface area contributed by atoms with Gasteiger partial charge in [-0.1, -0.05) is 55.6 Å². The Kier molecular flexibility index (Phi) is 12.4. The number of rotatable bonds is 18. The van der Waals surface area contributed by atoms with Gasteiger partial charge in [-0.05, 0) is 12.1 Å². The molecule has 9 heteroatoms. The van der Waals surface area contributed by atoms with Gasteiger partial charge in [-0.25, -0.2) is 9.59 Å². The first-order valence-electron chi connectivity index (χ1n) is 12.4. The molecule has 0 radical (unpaired) electrons. The van der Waals surface area contributed by atoms with Crippen LogP contribution in [0, 0.1) is 0 Å². The Labute approximate surface area is 227 Å². The zero-order chi connectivity index (χ0) is 27.7. The van der Waals surface area contributed by atoms with Gasteiger partial charge in [0.15, 0.2) is 11.5 Å². The van der Waals surface area contributed by atoms with Crippen molar-refractivity contribution >= 4 is 22.7 Å². The van der Waals surface area contributed by atoms with Gasteiger partial charge in [-0.3, -0.25) is 0 Å². The Balaban J connectivity index is 1.67. The molecule has 0 saturated carbocycles. The van der Waals surface area contributed by atoms with E-state index in [9.17, 15) is 9.59 Å². The summed E-state index contributed by atoms with van der Waals surface area (Å²) in [5, 5.41) is 1.64. The molecule has 0 unspecified atom stereocenters. The minimum absolute atomic E-state index is 0.131. The molecular formula is C30H32O9. The van der Waals surface area contributed by atoms with Crippen LogP contribution in [0.15, 0.2) is 86.0 Å². The van der Waals surface area contributed by atoms with E-state index in [0.29, 0.717) is 29.6 Å². The normalized spacial score (nSPS) is 10.5. The lowest BCUT2D eigenvalue weighted by atomic mass is 10.1. The molecule has 0 N–H and O–H groups in total. The van der Waals surface area contributed by atoms with E-state index in [4.69, 9.17) is 33.2 Å². The molecule has 206 valence electrons. The van der Waals surface area contributed by atoms with Crippen LogP contribution >= 0.6 is 0 Å². The molecule has 0 aromatic heterocycles. The second-order valence-corrected chi connectivity index (χ2v) is 7.83. The molecule has 0 aliphatic carbocycles. The van der Waals surface area contributed by atoms with Crippen molar-refractivity contribution in [2.75, 3.05) is 52.9 Å². The number of hydrogen-bond acceptors (Lipinski definition) is 9. The lowest BCUT2D eigenvalue weighted by Crippen LogP contribution is -2.13. The predicted octanol–water partition coefficient (Wildman–Crippen LogP) is 4.88. The molecule has 0 amide bonds. The van der Waals surface area contributed by atoms with E-state index in [1.54, 1.807) is 6.07 Å². The van der Waals surface area contributed by atoms with Gasteiger partial charge in [-0.2, -0.15) is 0 Å². The first-order chi connectivity index (χ1) is 19.1. The third kappa shape index (κ3) is 9.81. The average molecular weight is 537 g/mol. The maximum absolute atomic E-state index is 11.1. The SMILES string of the molecule is C=CC(=O)OCCOCCOc1cc(Oc2ccccc2)c(OCCOCCOC(=O)C=C)c2ccccc12. The zero-order valence-electron chi connectivity index (χ0n) is 21.7. The van der Waals surface area contributed by atoms with Crippen molar-refractivity contribution in [2.45, 2.75) is 0 Å². The Morgan fingerprint density at radius 1 is 0.615 bits per heavy atom. The lowest BCUT2D eigenvalue weighted by Gasteiger charge is -2.18. The number of carbonyl (C=O) groups excluding carboxylic acids is 2. The molecular weight excluding hydrogens is 504 g/mol. The lowest BCUT2D eigenvalue weighted by molar-refractivity contribution is -0.140. The Bertz CT molecular complexity index is 1220. The molecule has 0 aliphatic rings. The summed E-state index contributed by atoms with van der Waals surface area (Å²) in [4.78, 5) is 22.2. The summed E-state index contributed by atoms with van der Waals surface area (Å²) < 4.78 is 39.1. The number of para-hydroxylation sites is 1. The van der Waals surface area contributed by atoms with Crippen molar-refractivity contribution in [1.82, 2.24) is 0 Å². The van der Waals surface area contributed by atoms with Crippen LogP contribution in [0.3, 0.4) is 0 Å². The summed E-state index contributed by atoms with van der Waals surface area (Å²) in [7, 11) is 0. The van der Waals surface area contributed by atoms with Crippen LogP contribution in [0.2, 0.25) is 0 Å². The van der Waals surface area contributed by atoms with Crippen molar-refractivity contribution < 1.29 is 42.7 Å². The van der Waals surface area contributed by atoms with Gasteiger partial charge in [0, 0.05) is 29.0 Å². The number of fused-ring (bicyclic) bond motifs is 1. The third-order valence-electron chi connectivity index (χ3n) is 5.13. The van der Waals surface area contributed by atoms with E-state index in [-0.39, 0.29) is 46.2 Å². The second-order valence-electron chi connectivity index (χ2n) is 7.83. The molecule has 9 nitrogen and oxygen atoms in total. The fourth-order valence-corrected chi connectivity index (χ4v) is 3.39. The van der Waals surface area contributed by atoms with Gasteiger partial charge in [0.2, 0.25) is 0 Å². The Hall–Kier alpha value is -4.34. The Morgan fingerprint density at radius 3 is 1.77 bits per heavy atom. The highest BCUT2D eigenvalue weighted by Crippen LogP contribution is 2.43. The second kappa shape index (κ2) is 16.5. The van der Waals surface area contributed by atoms with Crippen LogP contribution in [0.5, 0.6) is 23.0 Å². The molecule has 0 fully saturated rings. The van der Waals surface area contributed by atoms with Crippen molar-refractivity contribution in [3.05, 3.63) is 86.0 Å². The van der Waals surface area contributed by atoms with E-state index in [1.165, 1.54) is 0 Å². The molecule has 0 heterocycles. The molecule has 39 heavy (non-hydrogen) atoms. The monoisotopic (exact) mass is 536 g/mol. The summed E-state index contributed by atoms with van der Waals surface area (Å²) in [5.41, 5.74) is 0. The van der Waals surface area contributed by atoms with Crippen LogP contribution in [-0.2, 0) is 28.5 Å². The molecule has 3 aromatic rings. The van der Waals surface area contributed by atoms with Crippen LogP contribution in [0.1, 0.15) is 0 Å². The van der Waals surface area contributed by atoms with Gasteiger partial charge in [0.1, 0.15) is 37.9 Å². The van der Waals surface area contributed by atoms with Crippen LogP contribution < -0.4 is 14.2 Å². The topological polar surface area (TPSA) is 98.8 Å². The number of esters is 2. The highest BCUT2D eigenvalue weighted by atomic mass is 16.6. The number of carbonyl (C=O) groups is 2. The van der Waals surface area contributed by atoms with Crippen molar-refractivity contribution in [2.24, 2.45) is 0 Å². The fourth-order valence-electron chi connectivity index (χ4n) is 3.39. The van der Waals surface area contributed by atoms with E-state index >= 15 is 0 Å². The van der Waals surface area contributed by atoms with E-state index in [2.05, 4.69) is 13.2 Å². The molecule has 0 bridgehead atoms. The van der Waals surface area contributed by atoms with Gasteiger partial charge < -0.3 is 33.2 Å². The number of benzene rings is 3. The van der Waals surface area contributed by atoms with Gasteiger partial charge >= 0.3 is 11.9 Å². The van der Waals surface area contributed by atoms with Crippen molar-refractivity contribution in [3.8, 4) is 23.0 Å². The maximum atomic E-state index is 11.1. The number of hydrogen-bond donors (Lipinski definition) is 0. The van der Waals surface area contributed by atoms with E-state index in [0.717, 1.165) is 22.9 Å². The van der Waals surface area contributed by atoms with Gasteiger partial charge in [-0.15, -0.1) is 0 Å². The average Bonchev–Trinajstić information content (AvgIpc) is 2.97. The minimum Gasteiger partial charge on any atom is -0.490 e. The van der Waals surface area contributed by atoms with Crippen LogP contribution in [0.25, 0.3) is 10.8 Å². The van der Waals surface area contributed by atoms with Crippen molar-refractivity contribution in [3.63, 3.8) is 0 Å². The Morgan fingerprint density at radius 2 is 1.15 bits per heavy atom. The van der Waals surface area contributed by atoms with Gasteiger partial charge in [0.25, 0.3) is 0 Å². The minimum atomic E-state index is -0.494. The first-order valence-corrected chi connectivity index (χ1v) is 12.4. The quantitative estimate of drug-likeness (QED) is 0.128. The molecule has 0 aliphatic heterocycles. The van der Waals surface area contributed by atoms with Gasteiger partial charge in [0.05, 0.1) is 26.4 Å². The first kappa shape index (κ1) is 29.2. The van der Waals surface area contributed by atoms with Crippen LogP contribution in [0.4, 0.5) is 0 Å². The maximum Gasteiger partial charge on any atom is 0.330 e. The zero-order valence-corrected chi connectivity index (χ0v) is 21.7. The molecule has 0 saturated heterocycles. The summed E-state index contributed by atoms with van der Waals surface area (Å²) in [6.07, 6.45) is 2.21. The molecule has 3 aromatic carbocycles. The number of ether oxygens (including phenoxy) is 7. The summed E-state index contributed by atoms with van der Waals surface area (Å²) in [5.74, 6) is 1.28. The summed E-state index contributed by atoms with van der Waals surface area (Å²) in [6, 6.07) is 18.8. The highest BCUT2D eigenvalue weighted by molar-refractivity contribution is 5.95. The smallest absolute Gasteiger partial charge is 0.330 e.